The number of rotatable bonds is 6. The highest BCUT2D eigenvalue weighted by molar-refractivity contribution is 6.30. The van der Waals surface area contributed by atoms with Gasteiger partial charge in [0.25, 0.3) is 0 Å². The van der Waals surface area contributed by atoms with E-state index in [9.17, 15) is 4.39 Å². The molecule has 112 valence electrons. The van der Waals surface area contributed by atoms with Crippen molar-refractivity contribution >= 4 is 11.6 Å². The van der Waals surface area contributed by atoms with Crippen molar-refractivity contribution in [3.8, 4) is 5.75 Å². The van der Waals surface area contributed by atoms with E-state index in [1.807, 2.05) is 24.3 Å². The summed E-state index contributed by atoms with van der Waals surface area (Å²) in [4.78, 5) is 0. The molecule has 1 unspecified atom stereocenters. The van der Waals surface area contributed by atoms with Crippen LogP contribution in [0.3, 0.4) is 0 Å². The first-order chi connectivity index (χ1) is 10.1. The van der Waals surface area contributed by atoms with Gasteiger partial charge in [0.15, 0.2) is 0 Å². The van der Waals surface area contributed by atoms with Gasteiger partial charge in [-0.2, -0.15) is 0 Å². The Bertz CT molecular complexity index is 603. The zero-order valence-electron chi connectivity index (χ0n) is 12.2. The summed E-state index contributed by atoms with van der Waals surface area (Å²) in [6, 6.07) is 12.6. The molecule has 1 atom stereocenters. The van der Waals surface area contributed by atoms with E-state index >= 15 is 0 Å². The van der Waals surface area contributed by atoms with Crippen molar-refractivity contribution in [2.45, 2.75) is 26.5 Å². The third kappa shape index (κ3) is 4.19. The van der Waals surface area contributed by atoms with Crippen LogP contribution in [0.4, 0.5) is 4.39 Å². The average Bonchev–Trinajstić information content (AvgIpc) is 2.47. The molecule has 2 rings (SSSR count). The third-order valence-corrected chi connectivity index (χ3v) is 3.53. The maximum absolute atomic E-state index is 13.8. The minimum Gasteiger partial charge on any atom is -0.488 e. The van der Waals surface area contributed by atoms with Crippen LogP contribution in [0.5, 0.6) is 5.75 Å². The molecule has 2 nitrogen and oxygen atoms in total. The Balaban J connectivity index is 2.13. The Morgan fingerprint density at radius 2 is 2.00 bits per heavy atom. The zero-order valence-corrected chi connectivity index (χ0v) is 13.0. The standard InChI is InChI=1S/C17H19ClFNO/c1-3-20-12(2)15-6-4-5-7-17(15)21-11-13-8-9-14(18)10-16(13)19/h4-10,12,20H,3,11H2,1-2H3. The van der Waals surface area contributed by atoms with Crippen molar-refractivity contribution in [2.24, 2.45) is 0 Å². The molecule has 0 saturated carbocycles. The topological polar surface area (TPSA) is 21.3 Å². The van der Waals surface area contributed by atoms with Gasteiger partial charge in [0, 0.05) is 22.2 Å². The van der Waals surface area contributed by atoms with Crippen molar-refractivity contribution in [1.29, 1.82) is 0 Å². The fraction of sp³-hybridized carbons (Fsp3) is 0.294. The van der Waals surface area contributed by atoms with Gasteiger partial charge in [0.1, 0.15) is 18.2 Å². The molecule has 0 heterocycles. The number of benzene rings is 2. The van der Waals surface area contributed by atoms with Crippen LogP contribution >= 0.6 is 11.6 Å². The van der Waals surface area contributed by atoms with Gasteiger partial charge in [0.2, 0.25) is 0 Å². The molecule has 0 aliphatic carbocycles. The molecule has 0 bridgehead atoms. The summed E-state index contributed by atoms with van der Waals surface area (Å²) < 4.78 is 19.5. The number of ether oxygens (including phenoxy) is 1. The summed E-state index contributed by atoms with van der Waals surface area (Å²) >= 11 is 5.75. The molecule has 2 aromatic carbocycles. The van der Waals surface area contributed by atoms with E-state index in [4.69, 9.17) is 16.3 Å². The summed E-state index contributed by atoms with van der Waals surface area (Å²) in [6.45, 7) is 5.19. The first-order valence-electron chi connectivity index (χ1n) is 7.01. The number of nitrogens with one attached hydrogen (secondary N) is 1. The van der Waals surface area contributed by atoms with Crippen molar-refractivity contribution in [3.63, 3.8) is 0 Å². The van der Waals surface area contributed by atoms with Gasteiger partial charge in [0.05, 0.1) is 0 Å². The van der Waals surface area contributed by atoms with Crippen LogP contribution in [0.2, 0.25) is 5.02 Å². The second-order valence-corrected chi connectivity index (χ2v) is 5.28. The monoisotopic (exact) mass is 307 g/mol. The van der Waals surface area contributed by atoms with Gasteiger partial charge < -0.3 is 10.1 Å². The second kappa shape index (κ2) is 7.43. The molecular weight excluding hydrogens is 289 g/mol. The van der Waals surface area contributed by atoms with Gasteiger partial charge in [-0.25, -0.2) is 4.39 Å². The highest BCUT2D eigenvalue weighted by Gasteiger charge is 2.11. The van der Waals surface area contributed by atoms with Crippen LogP contribution in [-0.4, -0.2) is 6.54 Å². The molecule has 0 aromatic heterocycles. The molecule has 1 N–H and O–H groups in total. The molecule has 21 heavy (non-hydrogen) atoms. The molecule has 4 heteroatoms. The minimum absolute atomic E-state index is 0.179. The zero-order chi connectivity index (χ0) is 15.2. The van der Waals surface area contributed by atoms with Crippen molar-refractivity contribution in [3.05, 3.63) is 64.4 Å². The van der Waals surface area contributed by atoms with E-state index in [2.05, 4.69) is 19.2 Å². The molecule has 0 amide bonds. The fourth-order valence-corrected chi connectivity index (χ4v) is 2.34. The summed E-state index contributed by atoms with van der Waals surface area (Å²) in [7, 11) is 0. The van der Waals surface area contributed by atoms with Crippen molar-refractivity contribution in [2.75, 3.05) is 6.54 Å². The minimum atomic E-state index is -0.347. The normalized spacial score (nSPS) is 12.2. The van der Waals surface area contributed by atoms with E-state index in [1.165, 1.54) is 6.07 Å². The maximum atomic E-state index is 13.8. The average molecular weight is 308 g/mol. The highest BCUT2D eigenvalue weighted by Crippen LogP contribution is 2.26. The third-order valence-electron chi connectivity index (χ3n) is 3.29. The maximum Gasteiger partial charge on any atom is 0.131 e. The summed E-state index contributed by atoms with van der Waals surface area (Å²) in [5.41, 5.74) is 1.55. The molecule has 0 aliphatic rings. The quantitative estimate of drug-likeness (QED) is 0.833. The second-order valence-electron chi connectivity index (χ2n) is 4.84. The van der Waals surface area contributed by atoms with Crippen LogP contribution in [0, 0.1) is 5.82 Å². The highest BCUT2D eigenvalue weighted by atomic mass is 35.5. The summed E-state index contributed by atoms with van der Waals surface area (Å²) in [5.74, 6) is 0.417. The van der Waals surface area contributed by atoms with Crippen LogP contribution in [0.1, 0.15) is 31.0 Å². The molecular formula is C17H19ClFNO. The molecule has 2 aromatic rings. The first-order valence-corrected chi connectivity index (χ1v) is 7.38. The van der Waals surface area contributed by atoms with E-state index < -0.39 is 0 Å². The SMILES string of the molecule is CCNC(C)c1ccccc1OCc1ccc(Cl)cc1F. The Morgan fingerprint density at radius 1 is 1.24 bits per heavy atom. The predicted molar refractivity (Wildman–Crippen MR) is 84.3 cm³/mol. The number of para-hydroxylation sites is 1. The van der Waals surface area contributed by atoms with E-state index in [-0.39, 0.29) is 18.5 Å². The van der Waals surface area contributed by atoms with Crippen LogP contribution < -0.4 is 10.1 Å². The Hall–Kier alpha value is -1.58. The van der Waals surface area contributed by atoms with Gasteiger partial charge in [-0.05, 0) is 31.7 Å². The Morgan fingerprint density at radius 3 is 2.71 bits per heavy atom. The van der Waals surface area contributed by atoms with E-state index in [1.54, 1.807) is 12.1 Å². The van der Waals surface area contributed by atoms with Gasteiger partial charge in [-0.15, -0.1) is 0 Å². The van der Waals surface area contributed by atoms with Gasteiger partial charge >= 0.3 is 0 Å². The van der Waals surface area contributed by atoms with Gasteiger partial charge in [-0.3, -0.25) is 0 Å². The largest absolute Gasteiger partial charge is 0.488 e. The van der Waals surface area contributed by atoms with E-state index in [0.717, 1.165) is 17.9 Å². The van der Waals surface area contributed by atoms with Crippen LogP contribution in [0.25, 0.3) is 0 Å². The smallest absolute Gasteiger partial charge is 0.131 e. The number of hydrogen-bond acceptors (Lipinski definition) is 2. The van der Waals surface area contributed by atoms with Crippen molar-refractivity contribution in [1.82, 2.24) is 5.32 Å². The lowest BCUT2D eigenvalue weighted by Gasteiger charge is -2.17. The first kappa shape index (κ1) is 15.8. The van der Waals surface area contributed by atoms with Crippen molar-refractivity contribution < 1.29 is 9.13 Å². The molecule has 0 spiro atoms. The van der Waals surface area contributed by atoms with E-state index in [0.29, 0.717) is 10.6 Å². The lowest BCUT2D eigenvalue weighted by Crippen LogP contribution is -2.18. The molecule has 0 aliphatic heterocycles. The van der Waals surface area contributed by atoms with Gasteiger partial charge in [-0.1, -0.05) is 42.8 Å². The van der Waals surface area contributed by atoms with Crippen LogP contribution in [-0.2, 0) is 6.61 Å². The summed E-state index contributed by atoms with van der Waals surface area (Å²) in [6.07, 6.45) is 0. The molecule has 0 radical (unpaired) electrons. The fourth-order valence-electron chi connectivity index (χ4n) is 2.18. The molecule has 0 saturated heterocycles. The lowest BCUT2D eigenvalue weighted by molar-refractivity contribution is 0.294. The summed E-state index contributed by atoms with van der Waals surface area (Å²) in [5, 5.41) is 3.73. The Labute approximate surface area is 129 Å². The number of hydrogen-bond donors (Lipinski definition) is 1. The number of halogens is 2. The lowest BCUT2D eigenvalue weighted by atomic mass is 10.1. The predicted octanol–water partition coefficient (Wildman–Crippen LogP) is 4.73. The Kier molecular flexibility index (Phi) is 5.59. The van der Waals surface area contributed by atoms with Crippen LogP contribution in [0.15, 0.2) is 42.5 Å². The molecule has 0 fully saturated rings.